The molecule has 0 atom stereocenters. The van der Waals surface area contributed by atoms with Gasteiger partial charge < -0.3 is 10.1 Å². The van der Waals surface area contributed by atoms with E-state index in [0.29, 0.717) is 0 Å². The highest BCUT2D eigenvalue weighted by Gasteiger charge is 2.31. The van der Waals surface area contributed by atoms with Gasteiger partial charge >= 0.3 is 0 Å². The van der Waals surface area contributed by atoms with Crippen LogP contribution < -0.4 is 10.1 Å². The van der Waals surface area contributed by atoms with E-state index < -0.39 is 0 Å². The molecule has 15 heavy (non-hydrogen) atoms. The van der Waals surface area contributed by atoms with E-state index in [1.165, 1.54) is 0 Å². The number of benzene rings is 1. The van der Waals surface area contributed by atoms with E-state index in [0.717, 1.165) is 23.3 Å². The Morgan fingerprint density at radius 1 is 1.40 bits per heavy atom. The largest absolute Gasteiger partial charge is 0.496 e. The zero-order valence-corrected chi connectivity index (χ0v) is 9.26. The van der Waals surface area contributed by atoms with E-state index in [4.69, 9.17) is 4.74 Å². The van der Waals surface area contributed by atoms with E-state index in [2.05, 4.69) is 5.32 Å². The number of ether oxygens (including phenoxy) is 1. The van der Waals surface area contributed by atoms with Gasteiger partial charge in [0, 0.05) is 16.7 Å². The molecule has 1 N–H and O–H groups in total. The van der Waals surface area contributed by atoms with E-state index in [1.807, 2.05) is 32.0 Å². The van der Waals surface area contributed by atoms with Gasteiger partial charge in [-0.2, -0.15) is 0 Å². The maximum atomic E-state index is 11.8. The predicted octanol–water partition coefficient (Wildman–Crippen LogP) is 1.76. The molecule has 0 fully saturated rings. The Hall–Kier alpha value is -1.51. The van der Waals surface area contributed by atoms with Crippen molar-refractivity contribution in [3.05, 3.63) is 29.3 Å². The lowest BCUT2D eigenvalue weighted by Gasteiger charge is -2.32. The first-order valence-corrected chi connectivity index (χ1v) is 5.02. The third-order valence-corrected chi connectivity index (χ3v) is 2.67. The normalized spacial score (nSPS) is 17.9. The number of carbonyl (C=O) groups excluding carboxylic acids is 1. The van der Waals surface area contributed by atoms with Crippen LogP contribution in [0.5, 0.6) is 5.75 Å². The molecule has 1 aromatic rings. The van der Waals surface area contributed by atoms with Gasteiger partial charge in [0.15, 0.2) is 0 Å². The molecule has 3 nitrogen and oxygen atoms in total. The molecule has 0 radical (unpaired) electrons. The van der Waals surface area contributed by atoms with Gasteiger partial charge in [-0.25, -0.2) is 0 Å². The summed E-state index contributed by atoms with van der Waals surface area (Å²) in [5.74, 6) is 0.788. The van der Waals surface area contributed by atoms with Crippen molar-refractivity contribution in [1.82, 2.24) is 5.32 Å². The smallest absolute Gasteiger partial charge is 0.252 e. The predicted molar refractivity (Wildman–Crippen MR) is 58.2 cm³/mol. The third-order valence-electron chi connectivity index (χ3n) is 2.67. The Morgan fingerprint density at radius 3 is 2.80 bits per heavy atom. The Balaban J connectivity index is 2.55. The highest BCUT2D eigenvalue weighted by atomic mass is 16.5. The standard InChI is InChI=1S/C12H15NO2/c1-12(2)7-9-8(11(14)13-12)5-4-6-10(9)15-3/h4-6H,7H2,1-3H3,(H,13,14). The van der Waals surface area contributed by atoms with E-state index in [9.17, 15) is 4.79 Å². The fourth-order valence-electron chi connectivity index (χ4n) is 2.01. The average molecular weight is 205 g/mol. The van der Waals surface area contributed by atoms with Crippen LogP contribution in [0.25, 0.3) is 0 Å². The molecule has 1 aliphatic heterocycles. The SMILES string of the molecule is COc1cccc2c1CC(C)(C)NC2=O. The molecule has 0 unspecified atom stereocenters. The number of fused-ring (bicyclic) bond motifs is 1. The van der Waals surface area contributed by atoms with Crippen LogP contribution in [0.15, 0.2) is 18.2 Å². The van der Waals surface area contributed by atoms with Crippen LogP contribution >= 0.6 is 0 Å². The molecule has 1 amide bonds. The van der Waals surface area contributed by atoms with Crippen LogP contribution in [0, 0.1) is 0 Å². The van der Waals surface area contributed by atoms with Crippen molar-refractivity contribution in [3.63, 3.8) is 0 Å². The highest BCUT2D eigenvalue weighted by Crippen LogP contribution is 2.30. The maximum Gasteiger partial charge on any atom is 0.252 e. The van der Waals surface area contributed by atoms with Crippen molar-refractivity contribution in [2.24, 2.45) is 0 Å². The molecule has 1 aromatic carbocycles. The van der Waals surface area contributed by atoms with Gasteiger partial charge in [-0.3, -0.25) is 4.79 Å². The number of amides is 1. The lowest BCUT2D eigenvalue weighted by molar-refractivity contribution is 0.0895. The first-order chi connectivity index (χ1) is 7.03. The molecule has 0 bridgehead atoms. The van der Waals surface area contributed by atoms with Gasteiger partial charge in [-0.05, 0) is 32.4 Å². The van der Waals surface area contributed by atoms with Crippen LogP contribution in [0.1, 0.15) is 29.8 Å². The van der Waals surface area contributed by atoms with Crippen LogP contribution in [0.3, 0.4) is 0 Å². The molecule has 1 aliphatic rings. The summed E-state index contributed by atoms with van der Waals surface area (Å²) in [4.78, 5) is 11.8. The molecule has 0 spiro atoms. The van der Waals surface area contributed by atoms with Crippen molar-refractivity contribution in [3.8, 4) is 5.75 Å². The third kappa shape index (κ3) is 1.69. The lowest BCUT2D eigenvalue weighted by Crippen LogP contribution is -2.49. The van der Waals surface area contributed by atoms with Crippen molar-refractivity contribution >= 4 is 5.91 Å². The number of carbonyl (C=O) groups is 1. The zero-order chi connectivity index (χ0) is 11.1. The minimum Gasteiger partial charge on any atom is -0.496 e. The van der Waals surface area contributed by atoms with Gasteiger partial charge in [0.05, 0.1) is 7.11 Å². The van der Waals surface area contributed by atoms with Crippen LogP contribution in [-0.2, 0) is 6.42 Å². The Morgan fingerprint density at radius 2 is 2.13 bits per heavy atom. The van der Waals surface area contributed by atoms with Crippen molar-refractivity contribution in [1.29, 1.82) is 0 Å². The van der Waals surface area contributed by atoms with Crippen LogP contribution in [-0.4, -0.2) is 18.6 Å². The molecule has 0 saturated heterocycles. The summed E-state index contributed by atoms with van der Waals surface area (Å²) >= 11 is 0. The summed E-state index contributed by atoms with van der Waals surface area (Å²) in [6.45, 7) is 4.03. The molecule has 3 heteroatoms. The van der Waals surface area contributed by atoms with Crippen LogP contribution in [0.2, 0.25) is 0 Å². The minimum absolute atomic E-state index is 0.0137. The van der Waals surface area contributed by atoms with Crippen molar-refractivity contribution in [2.45, 2.75) is 25.8 Å². The first kappa shape index (κ1) is 10.0. The quantitative estimate of drug-likeness (QED) is 0.758. The second-order valence-corrected chi connectivity index (χ2v) is 4.50. The number of rotatable bonds is 1. The molecule has 2 rings (SSSR count). The highest BCUT2D eigenvalue weighted by molar-refractivity contribution is 5.98. The Labute approximate surface area is 89.4 Å². The van der Waals surface area contributed by atoms with E-state index in [-0.39, 0.29) is 11.4 Å². The molecule has 0 saturated carbocycles. The molecular formula is C12H15NO2. The van der Waals surface area contributed by atoms with Gasteiger partial charge in [0.1, 0.15) is 5.75 Å². The fourth-order valence-corrected chi connectivity index (χ4v) is 2.01. The summed E-state index contributed by atoms with van der Waals surface area (Å²) in [6.07, 6.45) is 0.804. The molecular weight excluding hydrogens is 190 g/mol. The Bertz CT molecular complexity index is 410. The average Bonchev–Trinajstić information content (AvgIpc) is 2.15. The monoisotopic (exact) mass is 205 g/mol. The first-order valence-electron chi connectivity index (χ1n) is 5.02. The van der Waals surface area contributed by atoms with Crippen LogP contribution in [0.4, 0.5) is 0 Å². The summed E-state index contributed by atoms with van der Waals surface area (Å²) in [5, 5.41) is 2.97. The lowest BCUT2D eigenvalue weighted by atomic mass is 9.87. The summed E-state index contributed by atoms with van der Waals surface area (Å²) in [6, 6.07) is 5.57. The molecule has 1 heterocycles. The van der Waals surface area contributed by atoms with E-state index in [1.54, 1.807) is 7.11 Å². The number of hydrogen-bond acceptors (Lipinski definition) is 2. The maximum absolute atomic E-state index is 11.8. The number of methoxy groups -OCH3 is 1. The summed E-state index contributed by atoms with van der Waals surface area (Å²) in [7, 11) is 1.63. The second kappa shape index (κ2) is 3.26. The molecule has 80 valence electrons. The molecule has 0 aliphatic carbocycles. The van der Waals surface area contributed by atoms with Gasteiger partial charge in [-0.15, -0.1) is 0 Å². The topological polar surface area (TPSA) is 38.3 Å². The van der Waals surface area contributed by atoms with E-state index >= 15 is 0 Å². The van der Waals surface area contributed by atoms with Crippen molar-refractivity contribution < 1.29 is 9.53 Å². The summed E-state index contributed by atoms with van der Waals surface area (Å²) < 4.78 is 5.27. The minimum atomic E-state index is -0.196. The molecule has 0 aromatic heterocycles. The Kier molecular flexibility index (Phi) is 2.18. The van der Waals surface area contributed by atoms with Crippen molar-refractivity contribution in [2.75, 3.05) is 7.11 Å². The zero-order valence-electron chi connectivity index (χ0n) is 9.26. The number of nitrogens with one attached hydrogen (secondary N) is 1. The number of hydrogen-bond donors (Lipinski definition) is 1. The van der Waals surface area contributed by atoms with Gasteiger partial charge in [0.25, 0.3) is 5.91 Å². The fraction of sp³-hybridized carbons (Fsp3) is 0.417. The van der Waals surface area contributed by atoms with Gasteiger partial charge in [-0.1, -0.05) is 6.07 Å². The second-order valence-electron chi connectivity index (χ2n) is 4.50. The van der Waals surface area contributed by atoms with Gasteiger partial charge in [0.2, 0.25) is 0 Å². The summed E-state index contributed by atoms with van der Waals surface area (Å²) in [5.41, 5.74) is 1.54.